The van der Waals surface area contributed by atoms with Crippen molar-refractivity contribution >= 4 is 15.9 Å². The number of rotatable bonds is 2. The van der Waals surface area contributed by atoms with Crippen molar-refractivity contribution in [2.24, 2.45) is 0 Å². The number of halogens is 4. The molecule has 1 heterocycles. The summed E-state index contributed by atoms with van der Waals surface area (Å²) in [6, 6.07) is 1.75. The average molecular weight is 353 g/mol. The number of hydrogen-bond acceptors (Lipinski definition) is 3. The van der Waals surface area contributed by atoms with Crippen LogP contribution in [0.1, 0.15) is 24.1 Å². The highest BCUT2D eigenvalue weighted by molar-refractivity contribution is 9.10. The van der Waals surface area contributed by atoms with Gasteiger partial charge in [-0.25, -0.2) is 0 Å². The van der Waals surface area contributed by atoms with E-state index in [4.69, 9.17) is 0 Å². The summed E-state index contributed by atoms with van der Waals surface area (Å²) in [5.74, 6) is -0.328. The summed E-state index contributed by atoms with van der Waals surface area (Å²) in [5, 5.41) is 13.2. The minimum absolute atomic E-state index is 0.0613. The van der Waals surface area contributed by atoms with Gasteiger partial charge in [0, 0.05) is 37.8 Å². The normalized spacial score (nSPS) is 19.1. The second-order valence-electron chi connectivity index (χ2n) is 4.82. The average Bonchev–Trinajstić information content (AvgIpc) is 2.40. The Bertz CT molecular complexity index is 487. The molecule has 3 nitrogen and oxygen atoms in total. The first kappa shape index (κ1) is 15.6. The van der Waals surface area contributed by atoms with Crippen LogP contribution in [0.15, 0.2) is 16.6 Å². The first-order valence-corrected chi connectivity index (χ1v) is 7.15. The third-order valence-corrected chi connectivity index (χ3v) is 4.23. The van der Waals surface area contributed by atoms with Crippen LogP contribution in [0.5, 0.6) is 5.75 Å². The van der Waals surface area contributed by atoms with Gasteiger partial charge in [0.1, 0.15) is 5.75 Å². The fourth-order valence-electron chi connectivity index (χ4n) is 2.50. The smallest absolute Gasteiger partial charge is 0.416 e. The van der Waals surface area contributed by atoms with Crippen LogP contribution in [0.3, 0.4) is 0 Å². The Morgan fingerprint density at radius 2 is 1.90 bits per heavy atom. The van der Waals surface area contributed by atoms with Crippen LogP contribution in [0.25, 0.3) is 0 Å². The molecule has 0 spiro atoms. The monoisotopic (exact) mass is 352 g/mol. The van der Waals surface area contributed by atoms with E-state index in [0.29, 0.717) is 13.1 Å². The van der Waals surface area contributed by atoms with Crippen LogP contribution >= 0.6 is 15.9 Å². The van der Waals surface area contributed by atoms with Gasteiger partial charge in [0.25, 0.3) is 0 Å². The van der Waals surface area contributed by atoms with E-state index >= 15 is 0 Å². The van der Waals surface area contributed by atoms with Gasteiger partial charge in [-0.05, 0) is 35.0 Å². The van der Waals surface area contributed by atoms with Crippen LogP contribution in [0, 0.1) is 0 Å². The molecule has 0 amide bonds. The van der Waals surface area contributed by atoms with Gasteiger partial charge in [-0.1, -0.05) is 0 Å². The summed E-state index contributed by atoms with van der Waals surface area (Å²) in [6.07, 6.45) is -4.48. The van der Waals surface area contributed by atoms with Crippen LogP contribution in [-0.4, -0.2) is 36.2 Å². The number of piperazine rings is 1. The Balaban J connectivity index is 2.44. The molecule has 0 saturated carbocycles. The van der Waals surface area contributed by atoms with E-state index in [-0.39, 0.29) is 15.8 Å². The maximum absolute atomic E-state index is 13.1. The highest BCUT2D eigenvalue weighted by atomic mass is 79.9. The third kappa shape index (κ3) is 3.10. The molecule has 1 atom stereocenters. The van der Waals surface area contributed by atoms with Crippen molar-refractivity contribution in [3.63, 3.8) is 0 Å². The molecule has 0 aromatic heterocycles. The highest BCUT2D eigenvalue weighted by Gasteiger charge is 2.37. The van der Waals surface area contributed by atoms with E-state index < -0.39 is 17.8 Å². The summed E-state index contributed by atoms with van der Waals surface area (Å²) < 4.78 is 39.7. The molecule has 1 saturated heterocycles. The summed E-state index contributed by atoms with van der Waals surface area (Å²) in [6.45, 7) is 4.48. The lowest BCUT2D eigenvalue weighted by Gasteiger charge is -2.34. The molecule has 1 aliphatic heterocycles. The minimum atomic E-state index is -4.48. The lowest BCUT2D eigenvalue weighted by Crippen LogP contribution is -2.44. The van der Waals surface area contributed by atoms with Crippen molar-refractivity contribution in [2.45, 2.75) is 19.1 Å². The molecule has 1 aliphatic rings. The molecule has 112 valence electrons. The molecule has 0 bridgehead atoms. The molecule has 1 aromatic carbocycles. The van der Waals surface area contributed by atoms with Crippen molar-refractivity contribution in [3.8, 4) is 5.75 Å². The van der Waals surface area contributed by atoms with Crippen molar-refractivity contribution in [2.75, 3.05) is 26.2 Å². The van der Waals surface area contributed by atoms with Gasteiger partial charge in [0.05, 0.1) is 10.0 Å². The van der Waals surface area contributed by atoms with Crippen molar-refractivity contribution in [1.82, 2.24) is 10.2 Å². The van der Waals surface area contributed by atoms with Crippen molar-refractivity contribution < 1.29 is 18.3 Å². The second-order valence-corrected chi connectivity index (χ2v) is 5.67. The molecular weight excluding hydrogens is 337 g/mol. The summed E-state index contributed by atoms with van der Waals surface area (Å²) >= 11 is 3.09. The van der Waals surface area contributed by atoms with Gasteiger partial charge in [-0.2, -0.15) is 13.2 Å². The van der Waals surface area contributed by atoms with Crippen LogP contribution in [0.2, 0.25) is 0 Å². The molecule has 1 fully saturated rings. The predicted octanol–water partition coefficient (Wildman–Crippen LogP) is 3.14. The van der Waals surface area contributed by atoms with Crippen LogP contribution in [-0.2, 0) is 6.18 Å². The molecule has 0 radical (unpaired) electrons. The molecule has 7 heteroatoms. The van der Waals surface area contributed by atoms with Crippen molar-refractivity contribution in [3.05, 3.63) is 27.7 Å². The third-order valence-electron chi connectivity index (χ3n) is 3.59. The number of hydrogen-bond donors (Lipinski definition) is 2. The van der Waals surface area contributed by atoms with Gasteiger partial charge in [-0.3, -0.25) is 4.90 Å². The number of nitrogens with one attached hydrogen (secondary N) is 1. The van der Waals surface area contributed by atoms with E-state index in [9.17, 15) is 18.3 Å². The van der Waals surface area contributed by atoms with Gasteiger partial charge in [0.15, 0.2) is 0 Å². The Kier molecular flexibility index (Phi) is 4.61. The lowest BCUT2D eigenvalue weighted by atomic mass is 9.98. The Hall–Kier alpha value is -0.790. The van der Waals surface area contributed by atoms with Gasteiger partial charge >= 0.3 is 6.18 Å². The maximum atomic E-state index is 13.1. The summed E-state index contributed by atoms with van der Waals surface area (Å²) in [4.78, 5) is 1.94. The SMILES string of the molecule is C[C@H](c1c(C(F)(F)F)ccc(Br)c1O)N1CCNCC1. The van der Waals surface area contributed by atoms with E-state index in [2.05, 4.69) is 21.2 Å². The topological polar surface area (TPSA) is 35.5 Å². The first-order chi connectivity index (χ1) is 9.32. The van der Waals surface area contributed by atoms with E-state index in [1.54, 1.807) is 6.92 Å². The second kappa shape index (κ2) is 5.91. The largest absolute Gasteiger partial charge is 0.506 e. The quantitative estimate of drug-likeness (QED) is 0.858. The number of phenols is 1. The fraction of sp³-hybridized carbons (Fsp3) is 0.538. The van der Waals surface area contributed by atoms with Crippen LogP contribution < -0.4 is 5.32 Å². The van der Waals surface area contributed by atoms with E-state index in [1.165, 1.54) is 6.07 Å². The maximum Gasteiger partial charge on any atom is 0.416 e. The minimum Gasteiger partial charge on any atom is -0.506 e. The standard InChI is InChI=1S/C13H16BrF3N2O/c1-8(19-6-4-18-5-7-19)11-9(13(15,16)17)2-3-10(14)12(11)20/h2-3,8,18,20H,4-7H2,1H3/t8-/m1/s1. The number of alkyl halides is 3. The Morgan fingerprint density at radius 1 is 1.30 bits per heavy atom. The predicted molar refractivity (Wildman–Crippen MR) is 73.7 cm³/mol. The molecular formula is C13H16BrF3N2O. The number of phenolic OH excluding ortho intramolecular Hbond substituents is 1. The number of aromatic hydroxyl groups is 1. The molecule has 1 aromatic rings. The number of nitrogens with zero attached hydrogens (tertiary/aromatic N) is 1. The molecule has 2 N–H and O–H groups in total. The zero-order valence-electron chi connectivity index (χ0n) is 11.0. The summed E-state index contributed by atoms with van der Waals surface area (Å²) in [7, 11) is 0. The van der Waals surface area contributed by atoms with Gasteiger partial charge in [0.2, 0.25) is 0 Å². The zero-order chi connectivity index (χ0) is 14.9. The molecule has 0 aliphatic carbocycles. The number of benzene rings is 1. The molecule has 0 unspecified atom stereocenters. The molecule has 2 rings (SSSR count). The lowest BCUT2D eigenvalue weighted by molar-refractivity contribution is -0.139. The summed E-state index contributed by atoms with van der Waals surface area (Å²) in [5.41, 5.74) is -0.835. The van der Waals surface area contributed by atoms with Gasteiger partial charge in [-0.15, -0.1) is 0 Å². The first-order valence-electron chi connectivity index (χ1n) is 6.35. The van der Waals surface area contributed by atoms with E-state index in [1.807, 2.05) is 4.90 Å². The van der Waals surface area contributed by atoms with Gasteiger partial charge < -0.3 is 10.4 Å². The van der Waals surface area contributed by atoms with Crippen molar-refractivity contribution in [1.29, 1.82) is 0 Å². The Morgan fingerprint density at radius 3 is 2.45 bits per heavy atom. The van der Waals surface area contributed by atoms with Crippen LogP contribution in [0.4, 0.5) is 13.2 Å². The zero-order valence-corrected chi connectivity index (χ0v) is 12.6. The van der Waals surface area contributed by atoms with E-state index in [0.717, 1.165) is 19.2 Å². The Labute approximate surface area is 123 Å². The fourth-order valence-corrected chi connectivity index (χ4v) is 2.85. The molecule has 20 heavy (non-hydrogen) atoms. The highest BCUT2D eigenvalue weighted by Crippen LogP contribution is 2.43.